The summed E-state index contributed by atoms with van der Waals surface area (Å²) in [5, 5.41) is 14.2. The number of nitro groups is 1. The number of hydrogen-bond acceptors (Lipinski definition) is 5. The summed E-state index contributed by atoms with van der Waals surface area (Å²) in [6.07, 6.45) is 0. The maximum Gasteiger partial charge on any atom is 0.279 e. The molecular weight excluding hydrogens is 276 g/mol. The predicted molar refractivity (Wildman–Crippen MR) is 75.3 cm³/mol. The smallest absolute Gasteiger partial charge is 0.279 e. The number of azide groups is 1. The van der Waals surface area contributed by atoms with Crippen molar-refractivity contribution in [3.8, 4) is 0 Å². The second-order valence-electron chi connectivity index (χ2n) is 4.75. The molecule has 9 heteroatoms. The fourth-order valence-corrected chi connectivity index (χ4v) is 2.13. The Labute approximate surface area is 120 Å². The van der Waals surface area contributed by atoms with Gasteiger partial charge < -0.3 is 9.80 Å². The molecule has 0 radical (unpaired) electrons. The van der Waals surface area contributed by atoms with Gasteiger partial charge in [-0.1, -0.05) is 5.11 Å². The maximum atomic E-state index is 12.3. The van der Waals surface area contributed by atoms with Gasteiger partial charge in [-0.05, 0) is 24.7 Å². The van der Waals surface area contributed by atoms with Gasteiger partial charge in [0.1, 0.15) is 5.69 Å². The quantitative estimate of drug-likeness (QED) is 0.278. The van der Waals surface area contributed by atoms with E-state index >= 15 is 0 Å². The molecule has 1 aromatic rings. The van der Waals surface area contributed by atoms with Crippen LogP contribution in [-0.4, -0.2) is 53.9 Å². The Bertz CT molecular complexity index is 617. The first-order chi connectivity index (χ1) is 10.0. The molecule has 1 saturated heterocycles. The number of carbonyl (C=O) groups excluding carboxylic acids is 1. The molecule has 0 saturated carbocycles. The first kappa shape index (κ1) is 14.8. The summed E-state index contributed by atoms with van der Waals surface area (Å²) in [6, 6.07) is 3.89. The molecule has 1 heterocycles. The Balaban J connectivity index is 2.27. The van der Waals surface area contributed by atoms with Gasteiger partial charge in [0, 0.05) is 42.7 Å². The van der Waals surface area contributed by atoms with Crippen LogP contribution in [0, 0.1) is 10.1 Å². The minimum Gasteiger partial charge on any atom is -0.336 e. The van der Waals surface area contributed by atoms with Crippen molar-refractivity contribution in [3.05, 3.63) is 44.3 Å². The van der Waals surface area contributed by atoms with E-state index in [2.05, 4.69) is 14.9 Å². The summed E-state index contributed by atoms with van der Waals surface area (Å²) in [5.74, 6) is -0.251. The number of nitrogens with zero attached hydrogens (tertiary/aromatic N) is 6. The SMILES string of the molecule is CN1CCN(C(=O)c2ccc(N=[N+]=[N-])c([N+](=O)[O-])c2)CC1. The first-order valence-corrected chi connectivity index (χ1v) is 6.34. The zero-order valence-corrected chi connectivity index (χ0v) is 11.5. The summed E-state index contributed by atoms with van der Waals surface area (Å²) in [4.78, 5) is 29.0. The minimum absolute atomic E-state index is 0.0996. The Morgan fingerprint density at radius 3 is 2.62 bits per heavy atom. The van der Waals surface area contributed by atoms with Gasteiger partial charge in [-0.25, -0.2) is 0 Å². The Morgan fingerprint density at radius 1 is 1.38 bits per heavy atom. The zero-order chi connectivity index (χ0) is 15.4. The Morgan fingerprint density at radius 2 is 2.05 bits per heavy atom. The number of piperazine rings is 1. The van der Waals surface area contributed by atoms with Gasteiger partial charge in [0.25, 0.3) is 11.6 Å². The van der Waals surface area contributed by atoms with Crippen LogP contribution in [0.5, 0.6) is 0 Å². The fourth-order valence-electron chi connectivity index (χ4n) is 2.13. The molecule has 1 aliphatic heterocycles. The van der Waals surface area contributed by atoms with Gasteiger partial charge in [-0.2, -0.15) is 0 Å². The molecule has 1 aliphatic rings. The van der Waals surface area contributed by atoms with Crippen molar-refractivity contribution in [1.82, 2.24) is 9.80 Å². The number of benzene rings is 1. The van der Waals surface area contributed by atoms with E-state index in [9.17, 15) is 14.9 Å². The second-order valence-corrected chi connectivity index (χ2v) is 4.75. The van der Waals surface area contributed by atoms with Crippen molar-refractivity contribution in [1.29, 1.82) is 0 Å². The molecular formula is C12H14N6O3. The van der Waals surface area contributed by atoms with Gasteiger partial charge in [0.05, 0.1) is 4.92 Å². The Kier molecular flexibility index (Phi) is 4.36. The van der Waals surface area contributed by atoms with Gasteiger partial charge >= 0.3 is 0 Å². The lowest BCUT2D eigenvalue weighted by Gasteiger charge is -2.32. The average molecular weight is 290 g/mol. The summed E-state index contributed by atoms with van der Waals surface area (Å²) >= 11 is 0. The van der Waals surface area contributed by atoms with E-state index in [1.807, 2.05) is 7.05 Å². The molecule has 9 nitrogen and oxygen atoms in total. The molecule has 0 spiro atoms. The lowest BCUT2D eigenvalue weighted by molar-refractivity contribution is -0.384. The number of amides is 1. The van der Waals surface area contributed by atoms with Crippen LogP contribution in [0.25, 0.3) is 10.4 Å². The van der Waals surface area contributed by atoms with Crippen molar-refractivity contribution in [2.45, 2.75) is 0 Å². The predicted octanol–water partition coefficient (Wildman–Crippen LogP) is 1.92. The highest BCUT2D eigenvalue weighted by Gasteiger charge is 2.23. The lowest BCUT2D eigenvalue weighted by atomic mass is 10.1. The van der Waals surface area contributed by atoms with E-state index < -0.39 is 4.92 Å². The monoisotopic (exact) mass is 290 g/mol. The molecule has 0 atom stereocenters. The number of rotatable bonds is 3. The topological polar surface area (TPSA) is 115 Å². The molecule has 110 valence electrons. The van der Waals surface area contributed by atoms with Crippen molar-refractivity contribution in [2.75, 3.05) is 33.2 Å². The van der Waals surface area contributed by atoms with Crippen LogP contribution in [0.2, 0.25) is 0 Å². The summed E-state index contributed by atoms with van der Waals surface area (Å²) in [5.41, 5.74) is 8.15. The highest BCUT2D eigenvalue weighted by atomic mass is 16.6. The van der Waals surface area contributed by atoms with Crippen LogP contribution in [-0.2, 0) is 0 Å². The van der Waals surface area contributed by atoms with Gasteiger partial charge in [-0.3, -0.25) is 14.9 Å². The van der Waals surface area contributed by atoms with Gasteiger partial charge in [-0.15, -0.1) is 0 Å². The first-order valence-electron chi connectivity index (χ1n) is 6.34. The highest BCUT2D eigenvalue weighted by molar-refractivity contribution is 5.95. The van der Waals surface area contributed by atoms with Crippen LogP contribution >= 0.6 is 0 Å². The second kappa shape index (κ2) is 6.21. The van der Waals surface area contributed by atoms with E-state index in [0.717, 1.165) is 19.2 Å². The van der Waals surface area contributed by atoms with Crippen molar-refractivity contribution >= 4 is 17.3 Å². The normalized spacial score (nSPS) is 15.4. The van der Waals surface area contributed by atoms with Crippen LogP contribution < -0.4 is 0 Å². The molecule has 0 N–H and O–H groups in total. The van der Waals surface area contributed by atoms with Crippen LogP contribution in [0.1, 0.15) is 10.4 Å². The molecule has 0 aromatic heterocycles. The third-order valence-electron chi connectivity index (χ3n) is 3.36. The summed E-state index contributed by atoms with van der Waals surface area (Å²) in [7, 11) is 1.97. The number of likely N-dealkylation sites (N-methyl/N-ethyl adjacent to an activating group) is 1. The minimum atomic E-state index is -0.662. The molecule has 21 heavy (non-hydrogen) atoms. The van der Waals surface area contributed by atoms with Crippen LogP contribution in [0.3, 0.4) is 0 Å². The average Bonchev–Trinajstić information content (AvgIpc) is 2.48. The van der Waals surface area contributed by atoms with Crippen molar-refractivity contribution < 1.29 is 9.72 Å². The van der Waals surface area contributed by atoms with E-state index in [4.69, 9.17) is 5.53 Å². The Hall–Kier alpha value is -2.64. The number of nitro benzene ring substituents is 1. The van der Waals surface area contributed by atoms with E-state index in [1.165, 1.54) is 12.1 Å². The number of carbonyl (C=O) groups is 1. The number of hydrogen-bond donors (Lipinski definition) is 0. The summed E-state index contributed by atoms with van der Waals surface area (Å²) < 4.78 is 0. The maximum absolute atomic E-state index is 12.3. The molecule has 2 rings (SSSR count). The van der Waals surface area contributed by atoms with E-state index in [-0.39, 0.29) is 22.8 Å². The van der Waals surface area contributed by atoms with E-state index in [1.54, 1.807) is 4.90 Å². The molecule has 1 aromatic carbocycles. The summed E-state index contributed by atoms with van der Waals surface area (Å²) in [6.45, 7) is 2.71. The van der Waals surface area contributed by atoms with Crippen molar-refractivity contribution in [2.24, 2.45) is 5.11 Å². The molecule has 1 fully saturated rings. The van der Waals surface area contributed by atoms with Crippen LogP contribution in [0.15, 0.2) is 23.3 Å². The van der Waals surface area contributed by atoms with Gasteiger partial charge in [0.15, 0.2) is 0 Å². The molecule has 1 amide bonds. The van der Waals surface area contributed by atoms with E-state index in [0.29, 0.717) is 13.1 Å². The molecule has 0 bridgehead atoms. The van der Waals surface area contributed by atoms with Crippen molar-refractivity contribution in [3.63, 3.8) is 0 Å². The van der Waals surface area contributed by atoms with Crippen LogP contribution in [0.4, 0.5) is 11.4 Å². The standard InChI is InChI=1S/C12H14N6O3/c1-16-4-6-17(7-5-16)12(19)9-2-3-10(14-15-13)11(8-9)18(20)21/h2-3,8H,4-7H2,1H3. The van der Waals surface area contributed by atoms with Gasteiger partial charge in [0.2, 0.25) is 0 Å². The highest BCUT2D eigenvalue weighted by Crippen LogP contribution is 2.29. The third kappa shape index (κ3) is 3.28. The third-order valence-corrected chi connectivity index (χ3v) is 3.36. The fraction of sp³-hybridized carbons (Fsp3) is 0.417. The zero-order valence-electron chi connectivity index (χ0n) is 11.5. The largest absolute Gasteiger partial charge is 0.336 e. The molecule has 0 aliphatic carbocycles. The lowest BCUT2D eigenvalue weighted by Crippen LogP contribution is -2.47. The molecule has 0 unspecified atom stereocenters.